The summed E-state index contributed by atoms with van der Waals surface area (Å²) in [4.78, 5) is 11.1. The van der Waals surface area contributed by atoms with Crippen molar-refractivity contribution in [3.63, 3.8) is 0 Å². The molecule has 4 heteroatoms. The number of carbonyl (C=O) groups is 1. The summed E-state index contributed by atoms with van der Waals surface area (Å²) >= 11 is 0. The van der Waals surface area contributed by atoms with Gasteiger partial charge in [0.15, 0.2) is 0 Å². The third kappa shape index (κ3) is 2.90. The molecule has 0 radical (unpaired) electrons. The Bertz CT molecular complexity index is 457. The second-order valence-corrected chi connectivity index (χ2v) is 4.19. The molecule has 1 atom stereocenters. The van der Waals surface area contributed by atoms with Crippen molar-refractivity contribution in [3.8, 4) is 0 Å². The standard InChI is InChI=1S/C14H18N2O2/c1-3-10-15-11-16(15)13-7-5-4-6-12(13)8-9-14(17)18-2/h4-9H,3,10-11H2,1-2H3/b9-8+. The number of methoxy groups -OCH3 is 1. The summed E-state index contributed by atoms with van der Waals surface area (Å²) in [5.74, 6) is -0.332. The minimum absolute atomic E-state index is 0.332. The Hall–Kier alpha value is -1.81. The van der Waals surface area contributed by atoms with Gasteiger partial charge in [0.1, 0.15) is 6.67 Å². The van der Waals surface area contributed by atoms with Crippen molar-refractivity contribution < 1.29 is 9.53 Å². The van der Waals surface area contributed by atoms with Crippen molar-refractivity contribution in [3.05, 3.63) is 35.9 Å². The lowest BCUT2D eigenvalue weighted by Crippen LogP contribution is -2.07. The van der Waals surface area contributed by atoms with E-state index in [0.29, 0.717) is 0 Å². The molecule has 0 bridgehead atoms. The molecular weight excluding hydrogens is 228 g/mol. The van der Waals surface area contributed by atoms with Crippen molar-refractivity contribution in [1.29, 1.82) is 0 Å². The average molecular weight is 246 g/mol. The van der Waals surface area contributed by atoms with Gasteiger partial charge < -0.3 is 4.74 Å². The summed E-state index contributed by atoms with van der Waals surface area (Å²) in [7, 11) is 1.38. The van der Waals surface area contributed by atoms with E-state index in [9.17, 15) is 4.79 Å². The van der Waals surface area contributed by atoms with E-state index in [-0.39, 0.29) is 5.97 Å². The average Bonchev–Trinajstić information content (AvgIpc) is 3.16. The molecule has 1 aromatic rings. The number of para-hydroxylation sites is 1. The molecule has 18 heavy (non-hydrogen) atoms. The fourth-order valence-electron chi connectivity index (χ4n) is 1.89. The lowest BCUT2D eigenvalue weighted by Gasteiger charge is -2.08. The Kier molecular flexibility index (Phi) is 3.99. The van der Waals surface area contributed by atoms with E-state index in [1.54, 1.807) is 6.08 Å². The molecule has 0 aromatic heterocycles. The van der Waals surface area contributed by atoms with Crippen LogP contribution in [0.4, 0.5) is 5.69 Å². The minimum atomic E-state index is -0.332. The van der Waals surface area contributed by atoms with E-state index in [1.807, 2.05) is 18.2 Å². The molecular formula is C14H18N2O2. The molecule has 4 nitrogen and oxygen atoms in total. The second kappa shape index (κ2) is 5.69. The number of hydrogen-bond donors (Lipinski definition) is 0. The molecule has 0 aliphatic carbocycles. The van der Waals surface area contributed by atoms with Gasteiger partial charge in [-0.3, -0.25) is 5.01 Å². The SMILES string of the molecule is CCCN1CN1c1ccccc1/C=C/C(=O)OC. The highest BCUT2D eigenvalue weighted by atomic mass is 16.5. The van der Waals surface area contributed by atoms with Crippen LogP contribution in [0.15, 0.2) is 30.3 Å². The van der Waals surface area contributed by atoms with E-state index >= 15 is 0 Å². The number of rotatable bonds is 5. The fraction of sp³-hybridized carbons (Fsp3) is 0.357. The molecule has 2 rings (SSSR count). The van der Waals surface area contributed by atoms with Crippen molar-refractivity contribution in [2.45, 2.75) is 13.3 Å². The fourth-order valence-corrected chi connectivity index (χ4v) is 1.89. The van der Waals surface area contributed by atoms with Crippen LogP contribution in [0, 0.1) is 0 Å². The predicted octanol–water partition coefficient (Wildman–Crippen LogP) is 2.28. The summed E-state index contributed by atoms with van der Waals surface area (Å²) in [6.07, 6.45) is 4.38. The number of nitrogens with zero attached hydrogens (tertiary/aromatic N) is 2. The van der Waals surface area contributed by atoms with Crippen LogP contribution in [-0.4, -0.2) is 31.3 Å². The third-order valence-electron chi connectivity index (χ3n) is 2.85. The smallest absolute Gasteiger partial charge is 0.330 e. The van der Waals surface area contributed by atoms with Crippen LogP contribution >= 0.6 is 0 Å². The second-order valence-electron chi connectivity index (χ2n) is 4.19. The molecule has 1 unspecified atom stereocenters. The van der Waals surface area contributed by atoms with Crippen LogP contribution < -0.4 is 5.01 Å². The predicted molar refractivity (Wildman–Crippen MR) is 71.8 cm³/mol. The van der Waals surface area contributed by atoms with Crippen LogP contribution in [0.1, 0.15) is 18.9 Å². The lowest BCUT2D eigenvalue weighted by molar-refractivity contribution is -0.134. The summed E-state index contributed by atoms with van der Waals surface area (Å²) in [6.45, 7) is 4.19. The zero-order valence-corrected chi connectivity index (χ0v) is 10.8. The van der Waals surface area contributed by atoms with Gasteiger partial charge in [-0.2, -0.15) is 5.01 Å². The Morgan fingerprint density at radius 1 is 1.44 bits per heavy atom. The zero-order chi connectivity index (χ0) is 13.0. The molecule has 0 spiro atoms. The molecule has 1 fully saturated rings. The highest BCUT2D eigenvalue weighted by molar-refractivity contribution is 5.88. The van der Waals surface area contributed by atoms with Crippen LogP contribution in [0.3, 0.4) is 0 Å². The number of carbonyl (C=O) groups excluding carboxylic acids is 1. The third-order valence-corrected chi connectivity index (χ3v) is 2.85. The van der Waals surface area contributed by atoms with E-state index < -0.39 is 0 Å². The van der Waals surface area contributed by atoms with E-state index in [0.717, 1.165) is 30.9 Å². The number of hydrogen-bond acceptors (Lipinski definition) is 4. The summed E-state index contributed by atoms with van der Waals surface area (Å²) in [5, 5.41) is 4.48. The maximum absolute atomic E-state index is 11.1. The van der Waals surface area contributed by atoms with E-state index in [4.69, 9.17) is 0 Å². The van der Waals surface area contributed by atoms with Gasteiger partial charge in [0.25, 0.3) is 0 Å². The molecule has 96 valence electrons. The molecule has 0 amide bonds. The first-order valence-corrected chi connectivity index (χ1v) is 6.13. The van der Waals surface area contributed by atoms with E-state index in [2.05, 4.69) is 27.7 Å². The van der Waals surface area contributed by atoms with Crippen LogP contribution in [0.5, 0.6) is 0 Å². The summed E-state index contributed by atoms with van der Waals surface area (Å²) < 4.78 is 4.60. The zero-order valence-electron chi connectivity index (χ0n) is 10.8. The molecule has 1 aliphatic rings. The number of anilines is 1. The summed E-state index contributed by atoms with van der Waals surface area (Å²) in [5.41, 5.74) is 2.16. The van der Waals surface area contributed by atoms with Gasteiger partial charge >= 0.3 is 5.97 Å². The quantitative estimate of drug-likeness (QED) is 0.453. The van der Waals surface area contributed by atoms with Crippen molar-refractivity contribution in [2.24, 2.45) is 0 Å². The van der Waals surface area contributed by atoms with Gasteiger partial charge in [0.2, 0.25) is 0 Å². The first-order chi connectivity index (χ1) is 8.76. The van der Waals surface area contributed by atoms with Crippen molar-refractivity contribution in [1.82, 2.24) is 5.01 Å². The van der Waals surface area contributed by atoms with Crippen LogP contribution in [0.25, 0.3) is 6.08 Å². The topological polar surface area (TPSA) is 32.3 Å². The van der Waals surface area contributed by atoms with Gasteiger partial charge in [-0.25, -0.2) is 4.79 Å². The Balaban J connectivity index is 2.12. The number of hydrazine groups is 1. The monoisotopic (exact) mass is 246 g/mol. The Morgan fingerprint density at radius 2 is 2.22 bits per heavy atom. The van der Waals surface area contributed by atoms with Crippen molar-refractivity contribution in [2.75, 3.05) is 25.3 Å². The molecule has 1 heterocycles. The molecule has 1 aliphatic heterocycles. The molecule has 1 aromatic carbocycles. The molecule has 0 N–H and O–H groups in total. The Morgan fingerprint density at radius 3 is 2.94 bits per heavy atom. The number of benzene rings is 1. The van der Waals surface area contributed by atoms with Gasteiger partial charge in [-0.1, -0.05) is 25.1 Å². The Labute approximate surface area is 107 Å². The first kappa shape index (κ1) is 12.6. The van der Waals surface area contributed by atoms with Crippen LogP contribution in [0.2, 0.25) is 0 Å². The highest BCUT2D eigenvalue weighted by Crippen LogP contribution is 2.30. The van der Waals surface area contributed by atoms with Gasteiger partial charge in [-0.05, 0) is 24.1 Å². The maximum atomic E-state index is 11.1. The van der Waals surface area contributed by atoms with E-state index in [1.165, 1.54) is 13.2 Å². The van der Waals surface area contributed by atoms with Gasteiger partial charge in [0.05, 0.1) is 12.8 Å². The first-order valence-electron chi connectivity index (χ1n) is 6.13. The lowest BCUT2D eigenvalue weighted by atomic mass is 10.1. The minimum Gasteiger partial charge on any atom is -0.466 e. The normalized spacial score (nSPS) is 18.1. The number of ether oxygens (including phenoxy) is 1. The van der Waals surface area contributed by atoms with Gasteiger partial charge in [-0.15, -0.1) is 0 Å². The number of esters is 1. The van der Waals surface area contributed by atoms with Crippen molar-refractivity contribution >= 4 is 17.7 Å². The van der Waals surface area contributed by atoms with Crippen LogP contribution in [-0.2, 0) is 9.53 Å². The molecule has 0 saturated carbocycles. The highest BCUT2D eigenvalue weighted by Gasteiger charge is 2.31. The maximum Gasteiger partial charge on any atom is 0.330 e. The largest absolute Gasteiger partial charge is 0.466 e. The molecule has 1 saturated heterocycles. The summed E-state index contributed by atoms with van der Waals surface area (Å²) in [6, 6.07) is 8.03. The van der Waals surface area contributed by atoms with Gasteiger partial charge in [0, 0.05) is 12.6 Å².